The highest BCUT2D eigenvalue weighted by Gasteiger charge is 2.24. The minimum atomic E-state index is -0.260. The second kappa shape index (κ2) is 8.25. The van der Waals surface area contributed by atoms with Crippen molar-refractivity contribution in [3.8, 4) is 0 Å². The number of hydrogen-bond donors (Lipinski definition) is 0. The van der Waals surface area contributed by atoms with Crippen molar-refractivity contribution in [2.45, 2.75) is 39.8 Å². The molecule has 25 heavy (non-hydrogen) atoms. The average Bonchev–Trinajstić information content (AvgIpc) is 2.61. The highest BCUT2D eigenvalue weighted by Crippen LogP contribution is 2.20. The number of hydrogen-bond acceptors (Lipinski definition) is 4. The minimum Gasteiger partial charge on any atom is -0.332 e. The van der Waals surface area contributed by atoms with Gasteiger partial charge >= 0.3 is 0 Å². The Balaban J connectivity index is 2.53. The Labute approximate surface area is 149 Å². The number of aromatic nitrogens is 2. The SMILES string of the molecule is CCC(=O)N(CCN(C)C)C(C)c1nc2ccccc2c(=O)n1CC. The maximum Gasteiger partial charge on any atom is 0.261 e. The molecule has 0 saturated carbocycles. The van der Waals surface area contributed by atoms with E-state index in [1.165, 1.54) is 0 Å². The Kier molecular flexibility index (Phi) is 6.31. The van der Waals surface area contributed by atoms with E-state index >= 15 is 0 Å². The third kappa shape index (κ3) is 4.07. The lowest BCUT2D eigenvalue weighted by molar-refractivity contribution is -0.133. The Morgan fingerprint density at radius 3 is 2.48 bits per heavy atom. The van der Waals surface area contributed by atoms with Crippen LogP contribution in [0.4, 0.5) is 0 Å². The molecule has 0 N–H and O–H groups in total. The second-order valence-corrected chi connectivity index (χ2v) is 6.46. The zero-order chi connectivity index (χ0) is 18.6. The number of carbonyl (C=O) groups is 1. The van der Waals surface area contributed by atoms with E-state index in [1.807, 2.05) is 62.9 Å². The third-order valence-electron chi connectivity index (χ3n) is 4.46. The van der Waals surface area contributed by atoms with Crippen LogP contribution in [0.25, 0.3) is 10.9 Å². The molecule has 0 spiro atoms. The molecule has 0 bridgehead atoms. The van der Waals surface area contributed by atoms with E-state index in [0.717, 1.165) is 6.54 Å². The molecule has 1 amide bonds. The van der Waals surface area contributed by atoms with Crippen molar-refractivity contribution in [1.82, 2.24) is 19.4 Å². The largest absolute Gasteiger partial charge is 0.332 e. The molecule has 1 aromatic heterocycles. The number of rotatable bonds is 7. The molecular weight excluding hydrogens is 316 g/mol. The van der Waals surface area contributed by atoms with Crippen LogP contribution in [0, 0.1) is 0 Å². The first kappa shape index (κ1) is 19.1. The summed E-state index contributed by atoms with van der Waals surface area (Å²) in [6.45, 7) is 7.63. The fraction of sp³-hybridized carbons (Fsp3) is 0.526. The smallest absolute Gasteiger partial charge is 0.261 e. The summed E-state index contributed by atoms with van der Waals surface area (Å²) < 4.78 is 1.68. The van der Waals surface area contributed by atoms with Gasteiger partial charge in [0.2, 0.25) is 5.91 Å². The van der Waals surface area contributed by atoms with Crippen LogP contribution in [0.2, 0.25) is 0 Å². The maximum absolute atomic E-state index is 12.8. The zero-order valence-electron chi connectivity index (χ0n) is 15.8. The van der Waals surface area contributed by atoms with Gasteiger partial charge < -0.3 is 9.80 Å². The van der Waals surface area contributed by atoms with Crippen molar-refractivity contribution in [3.63, 3.8) is 0 Å². The fourth-order valence-electron chi connectivity index (χ4n) is 2.99. The predicted molar refractivity (Wildman–Crippen MR) is 101 cm³/mol. The molecule has 0 aliphatic rings. The van der Waals surface area contributed by atoms with Gasteiger partial charge in [-0.15, -0.1) is 0 Å². The Hall–Kier alpha value is -2.21. The van der Waals surface area contributed by atoms with Crippen molar-refractivity contribution in [2.75, 3.05) is 27.2 Å². The van der Waals surface area contributed by atoms with Crippen LogP contribution in [0.3, 0.4) is 0 Å². The standard InChI is InChI=1S/C19H28N4O2/c1-6-17(24)23(13-12-21(4)5)14(3)18-20-16-11-9-8-10-15(16)19(25)22(18)7-2/h8-11,14H,6-7,12-13H2,1-5H3. The molecule has 0 aliphatic carbocycles. The monoisotopic (exact) mass is 344 g/mol. The van der Waals surface area contributed by atoms with Gasteiger partial charge in [0, 0.05) is 26.1 Å². The van der Waals surface area contributed by atoms with Crippen molar-refractivity contribution >= 4 is 16.8 Å². The molecule has 1 unspecified atom stereocenters. The molecule has 1 aromatic carbocycles. The molecule has 6 nitrogen and oxygen atoms in total. The van der Waals surface area contributed by atoms with Crippen molar-refractivity contribution < 1.29 is 4.79 Å². The van der Waals surface area contributed by atoms with E-state index in [1.54, 1.807) is 10.6 Å². The second-order valence-electron chi connectivity index (χ2n) is 6.46. The number of carbonyl (C=O) groups excluding carboxylic acids is 1. The van der Waals surface area contributed by atoms with E-state index in [0.29, 0.717) is 36.2 Å². The van der Waals surface area contributed by atoms with Crippen molar-refractivity contribution in [2.24, 2.45) is 0 Å². The molecule has 1 heterocycles. The Bertz CT molecular complexity index is 798. The molecule has 0 fully saturated rings. The summed E-state index contributed by atoms with van der Waals surface area (Å²) in [4.78, 5) is 33.9. The summed E-state index contributed by atoms with van der Waals surface area (Å²) in [5.74, 6) is 0.714. The number of para-hydroxylation sites is 1. The maximum atomic E-state index is 12.8. The first-order chi connectivity index (χ1) is 11.9. The van der Waals surface area contributed by atoms with Crippen molar-refractivity contribution in [1.29, 1.82) is 0 Å². The van der Waals surface area contributed by atoms with Crippen LogP contribution in [-0.2, 0) is 11.3 Å². The van der Waals surface area contributed by atoms with Crippen molar-refractivity contribution in [3.05, 3.63) is 40.4 Å². The minimum absolute atomic E-state index is 0.0496. The van der Waals surface area contributed by atoms with Gasteiger partial charge in [-0.25, -0.2) is 4.98 Å². The average molecular weight is 344 g/mol. The van der Waals surface area contributed by atoms with E-state index in [-0.39, 0.29) is 17.5 Å². The van der Waals surface area contributed by atoms with Crippen LogP contribution >= 0.6 is 0 Å². The molecule has 0 aliphatic heterocycles. The molecule has 2 aromatic rings. The molecule has 0 radical (unpaired) electrons. The van der Waals surface area contributed by atoms with Gasteiger partial charge in [-0.05, 0) is 40.1 Å². The van der Waals surface area contributed by atoms with Gasteiger partial charge in [0.05, 0.1) is 16.9 Å². The topological polar surface area (TPSA) is 58.4 Å². The summed E-state index contributed by atoms with van der Waals surface area (Å²) in [6, 6.07) is 7.11. The first-order valence-electron chi connectivity index (χ1n) is 8.84. The molecule has 136 valence electrons. The number of fused-ring (bicyclic) bond motifs is 1. The lowest BCUT2D eigenvalue weighted by atomic mass is 10.2. The molecule has 2 rings (SSSR count). The van der Waals surface area contributed by atoms with Crippen LogP contribution < -0.4 is 5.56 Å². The lowest BCUT2D eigenvalue weighted by Crippen LogP contribution is -2.40. The predicted octanol–water partition coefficient (Wildman–Crippen LogP) is 2.28. The van der Waals surface area contributed by atoms with Crippen LogP contribution in [-0.4, -0.2) is 52.4 Å². The number of nitrogens with zero attached hydrogens (tertiary/aromatic N) is 4. The number of amides is 1. The van der Waals surface area contributed by atoms with Crippen LogP contribution in [0.15, 0.2) is 29.1 Å². The van der Waals surface area contributed by atoms with Gasteiger partial charge in [0.25, 0.3) is 5.56 Å². The summed E-state index contributed by atoms with van der Waals surface area (Å²) in [6.07, 6.45) is 0.432. The number of likely N-dealkylation sites (N-methyl/N-ethyl adjacent to an activating group) is 1. The van der Waals surface area contributed by atoms with Gasteiger partial charge in [-0.2, -0.15) is 0 Å². The molecule has 6 heteroatoms. The van der Waals surface area contributed by atoms with E-state index in [4.69, 9.17) is 4.98 Å². The van der Waals surface area contributed by atoms with Gasteiger partial charge in [-0.1, -0.05) is 19.1 Å². The van der Waals surface area contributed by atoms with Gasteiger partial charge in [-0.3, -0.25) is 14.2 Å². The van der Waals surface area contributed by atoms with Crippen LogP contribution in [0.1, 0.15) is 39.1 Å². The summed E-state index contributed by atoms with van der Waals surface area (Å²) in [7, 11) is 3.96. The molecule has 1 atom stereocenters. The normalized spacial score (nSPS) is 12.6. The highest BCUT2D eigenvalue weighted by molar-refractivity contribution is 5.78. The van der Waals surface area contributed by atoms with E-state index < -0.39 is 0 Å². The van der Waals surface area contributed by atoms with E-state index in [2.05, 4.69) is 0 Å². The van der Waals surface area contributed by atoms with Crippen LogP contribution in [0.5, 0.6) is 0 Å². The molecular formula is C19H28N4O2. The first-order valence-corrected chi connectivity index (χ1v) is 8.84. The number of benzene rings is 1. The Morgan fingerprint density at radius 2 is 1.88 bits per heavy atom. The molecule has 0 saturated heterocycles. The van der Waals surface area contributed by atoms with E-state index in [9.17, 15) is 9.59 Å². The van der Waals surface area contributed by atoms with Gasteiger partial charge in [0.1, 0.15) is 5.82 Å². The van der Waals surface area contributed by atoms with Gasteiger partial charge in [0.15, 0.2) is 0 Å². The summed E-state index contributed by atoms with van der Waals surface area (Å²) in [5.41, 5.74) is 0.627. The summed E-state index contributed by atoms with van der Waals surface area (Å²) >= 11 is 0. The summed E-state index contributed by atoms with van der Waals surface area (Å²) in [5, 5.41) is 0.613. The lowest BCUT2D eigenvalue weighted by Gasteiger charge is -2.31. The zero-order valence-corrected chi connectivity index (χ0v) is 15.8. The highest BCUT2D eigenvalue weighted by atomic mass is 16.2. The third-order valence-corrected chi connectivity index (χ3v) is 4.46. The quantitative estimate of drug-likeness (QED) is 0.773. The fourth-order valence-corrected chi connectivity index (χ4v) is 2.99. The Morgan fingerprint density at radius 1 is 1.20 bits per heavy atom.